The van der Waals surface area contributed by atoms with E-state index in [1.54, 1.807) is 30.5 Å². The zero-order valence-corrected chi connectivity index (χ0v) is 16.8. The number of nitriles is 1. The number of aromatic nitrogens is 2. The van der Waals surface area contributed by atoms with Gasteiger partial charge in [-0.2, -0.15) is 5.26 Å². The molecule has 8 heteroatoms. The summed E-state index contributed by atoms with van der Waals surface area (Å²) in [6.45, 7) is 1.95. The molecular weight excluding hydrogens is 402 g/mol. The van der Waals surface area contributed by atoms with Crippen molar-refractivity contribution in [2.75, 3.05) is 31.1 Å². The van der Waals surface area contributed by atoms with Crippen molar-refractivity contribution >= 4 is 23.5 Å². The van der Waals surface area contributed by atoms with Gasteiger partial charge in [0.1, 0.15) is 5.82 Å². The second-order valence-electron chi connectivity index (χ2n) is 6.88. The molecule has 0 spiro atoms. The largest absolute Gasteiger partial charge is 0.465 e. The number of amides is 1. The van der Waals surface area contributed by atoms with E-state index in [1.807, 2.05) is 29.2 Å². The van der Waals surface area contributed by atoms with Crippen LogP contribution in [0.15, 0.2) is 54.7 Å². The highest BCUT2D eigenvalue weighted by molar-refractivity contribution is 6.30. The molecule has 2 heterocycles. The van der Waals surface area contributed by atoms with Gasteiger partial charge in [0, 0.05) is 42.3 Å². The lowest BCUT2D eigenvalue weighted by atomic mass is 10.0. The third-order valence-corrected chi connectivity index (χ3v) is 5.29. The van der Waals surface area contributed by atoms with E-state index >= 15 is 0 Å². The molecule has 2 aromatic carbocycles. The molecule has 0 saturated carbocycles. The lowest BCUT2D eigenvalue weighted by Gasteiger charge is -2.33. The first-order valence-corrected chi connectivity index (χ1v) is 9.79. The van der Waals surface area contributed by atoms with Crippen molar-refractivity contribution in [1.29, 1.82) is 5.26 Å². The molecule has 1 amide bonds. The van der Waals surface area contributed by atoms with Crippen molar-refractivity contribution in [3.8, 4) is 28.6 Å². The van der Waals surface area contributed by atoms with Crippen LogP contribution in [0, 0.1) is 11.3 Å². The van der Waals surface area contributed by atoms with Crippen LogP contribution < -0.4 is 4.90 Å². The van der Waals surface area contributed by atoms with Crippen molar-refractivity contribution in [2.45, 2.75) is 0 Å². The fourth-order valence-corrected chi connectivity index (χ4v) is 3.51. The number of hydrogen-bond acceptors (Lipinski definition) is 5. The lowest BCUT2D eigenvalue weighted by molar-refractivity contribution is 0.142. The molecule has 1 saturated heterocycles. The molecule has 0 atom stereocenters. The van der Waals surface area contributed by atoms with Crippen molar-refractivity contribution < 1.29 is 9.90 Å². The standard InChI is InChI=1S/C22H18ClN5O2/c23-18-7-5-17(6-8-18)21-20(16-3-1-15(13-24)2-4-16)25-14-19(26-21)27-9-11-28(12-10-27)22(29)30/h1-8,14H,9-12H2,(H,29,30). The van der Waals surface area contributed by atoms with Gasteiger partial charge >= 0.3 is 6.09 Å². The molecule has 7 nitrogen and oxygen atoms in total. The van der Waals surface area contributed by atoms with Crippen molar-refractivity contribution in [2.24, 2.45) is 0 Å². The highest BCUT2D eigenvalue weighted by atomic mass is 35.5. The Morgan fingerprint density at radius 3 is 2.17 bits per heavy atom. The second-order valence-corrected chi connectivity index (χ2v) is 7.31. The third-order valence-electron chi connectivity index (χ3n) is 5.04. The van der Waals surface area contributed by atoms with Gasteiger partial charge in [-0.1, -0.05) is 35.9 Å². The molecule has 4 rings (SSSR count). The van der Waals surface area contributed by atoms with Crippen LogP contribution in [0.1, 0.15) is 5.56 Å². The molecule has 0 unspecified atom stereocenters. The molecule has 0 bridgehead atoms. The average Bonchev–Trinajstić information content (AvgIpc) is 2.79. The quantitative estimate of drug-likeness (QED) is 0.685. The van der Waals surface area contributed by atoms with Crippen LogP contribution in [0.3, 0.4) is 0 Å². The predicted octanol–water partition coefficient (Wildman–Crippen LogP) is 4.14. The minimum absolute atomic E-state index is 0.421. The van der Waals surface area contributed by atoms with Crippen LogP contribution in [-0.2, 0) is 0 Å². The summed E-state index contributed by atoms with van der Waals surface area (Å²) in [4.78, 5) is 24.2. The number of carboxylic acid groups (broad SMARTS) is 1. The van der Waals surface area contributed by atoms with E-state index < -0.39 is 6.09 Å². The van der Waals surface area contributed by atoms with E-state index in [4.69, 9.17) is 27.0 Å². The molecule has 1 aliphatic heterocycles. The fraction of sp³-hybridized carbons (Fsp3) is 0.182. The maximum atomic E-state index is 11.2. The van der Waals surface area contributed by atoms with Crippen LogP contribution in [0.25, 0.3) is 22.5 Å². The first-order chi connectivity index (χ1) is 14.5. The highest BCUT2D eigenvalue weighted by Crippen LogP contribution is 2.31. The molecular formula is C22H18ClN5O2. The predicted molar refractivity (Wildman–Crippen MR) is 114 cm³/mol. The zero-order valence-electron chi connectivity index (χ0n) is 16.0. The summed E-state index contributed by atoms with van der Waals surface area (Å²) in [6, 6.07) is 16.7. The van der Waals surface area contributed by atoms with Crippen LogP contribution in [0.4, 0.5) is 10.6 Å². The fourth-order valence-electron chi connectivity index (χ4n) is 3.38. The third kappa shape index (κ3) is 4.04. The van der Waals surface area contributed by atoms with Crippen LogP contribution in [0.2, 0.25) is 5.02 Å². The van der Waals surface area contributed by atoms with Gasteiger partial charge in [-0.3, -0.25) is 4.98 Å². The summed E-state index contributed by atoms with van der Waals surface area (Å²) < 4.78 is 0. The smallest absolute Gasteiger partial charge is 0.407 e. The summed E-state index contributed by atoms with van der Waals surface area (Å²) in [7, 11) is 0. The van der Waals surface area contributed by atoms with Gasteiger partial charge in [0.15, 0.2) is 0 Å². The molecule has 1 aromatic heterocycles. The van der Waals surface area contributed by atoms with E-state index in [0.29, 0.717) is 54.0 Å². The number of hydrogen-bond donors (Lipinski definition) is 1. The zero-order chi connectivity index (χ0) is 21.1. The summed E-state index contributed by atoms with van der Waals surface area (Å²) >= 11 is 6.05. The average molecular weight is 420 g/mol. The molecule has 150 valence electrons. The molecule has 0 radical (unpaired) electrons. The van der Waals surface area contributed by atoms with Crippen LogP contribution in [0.5, 0.6) is 0 Å². The van der Waals surface area contributed by atoms with E-state index in [0.717, 1.165) is 11.1 Å². The Labute approximate surface area is 178 Å². The van der Waals surface area contributed by atoms with Crippen LogP contribution >= 0.6 is 11.6 Å². The molecule has 0 aliphatic carbocycles. The Morgan fingerprint density at radius 2 is 1.57 bits per heavy atom. The minimum Gasteiger partial charge on any atom is -0.465 e. The molecule has 1 N–H and O–H groups in total. The minimum atomic E-state index is -0.904. The maximum absolute atomic E-state index is 11.2. The summed E-state index contributed by atoms with van der Waals surface area (Å²) in [5, 5.41) is 18.8. The van der Waals surface area contributed by atoms with Crippen molar-refractivity contribution in [3.05, 3.63) is 65.3 Å². The summed E-state index contributed by atoms with van der Waals surface area (Å²) in [5.41, 5.74) is 3.71. The Bertz CT molecular complexity index is 1100. The Balaban J connectivity index is 1.73. The Morgan fingerprint density at radius 1 is 0.967 bits per heavy atom. The number of rotatable bonds is 3. The number of nitrogens with zero attached hydrogens (tertiary/aromatic N) is 5. The topological polar surface area (TPSA) is 93.4 Å². The van der Waals surface area contributed by atoms with E-state index in [1.165, 1.54) is 4.90 Å². The van der Waals surface area contributed by atoms with Gasteiger partial charge in [-0.05, 0) is 24.3 Å². The first kappa shape index (κ1) is 19.7. The van der Waals surface area contributed by atoms with Gasteiger partial charge in [-0.15, -0.1) is 0 Å². The van der Waals surface area contributed by atoms with Gasteiger partial charge < -0.3 is 14.9 Å². The number of carbonyl (C=O) groups is 1. The second kappa shape index (κ2) is 8.39. The highest BCUT2D eigenvalue weighted by Gasteiger charge is 2.22. The van der Waals surface area contributed by atoms with Gasteiger partial charge in [0.25, 0.3) is 0 Å². The summed E-state index contributed by atoms with van der Waals surface area (Å²) in [5.74, 6) is 0.697. The van der Waals surface area contributed by atoms with Crippen molar-refractivity contribution in [3.63, 3.8) is 0 Å². The van der Waals surface area contributed by atoms with E-state index in [-0.39, 0.29) is 0 Å². The Kier molecular flexibility index (Phi) is 5.50. The first-order valence-electron chi connectivity index (χ1n) is 9.41. The van der Waals surface area contributed by atoms with Crippen LogP contribution in [-0.4, -0.2) is 52.2 Å². The molecule has 1 fully saturated rings. The maximum Gasteiger partial charge on any atom is 0.407 e. The number of anilines is 1. The SMILES string of the molecule is N#Cc1ccc(-c2ncc(N3CCN(C(=O)O)CC3)nc2-c2ccc(Cl)cc2)cc1. The van der Waals surface area contributed by atoms with Gasteiger partial charge in [0.05, 0.1) is 29.2 Å². The Hall–Kier alpha value is -3.63. The number of halogens is 1. The van der Waals surface area contributed by atoms with E-state index in [2.05, 4.69) is 11.1 Å². The monoisotopic (exact) mass is 419 g/mol. The lowest BCUT2D eigenvalue weighted by Crippen LogP contribution is -2.48. The normalized spacial score (nSPS) is 13.7. The molecule has 1 aliphatic rings. The number of piperazine rings is 1. The van der Waals surface area contributed by atoms with Gasteiger partial charge in [-0.25, -0.2) is 9.78 Å². The van der Waals surface area contributed by atoms with Gasteiger partial charge in [0.2, 0.25) is 0 Å². The number of benzene rings is 2. The van der Waals surface area contributed by atoms with Crippen molar-refractivity contribution in [1.82, 2.24) is 14.9 Å². The summed E-state index contributed by atoms with van der Waals surface area (Å²) in [6.07, 6.45) is 0.808. The molecule has 3 aromatic rings. The van der Waals surface area contributed by atoms with E-state index in [9.17, 15) is 4.79 Å². The molecule has 30 heavy (non-hydrogen) atoms.